The molecular weight excluding hydrogens is 334 g/mol. The molecule has 0 radical (unpaired) electrons. The second kappa shape index (κ2) is 8.03. The fraction of sp³-hybridized carbons (Fsp3) is 0.421. The molecule has 1 fully saturated rings. The van der Waals surface area contributed by atoms with Crippen molar-refractivity contribution in [2.24, 2.45) is 0 Å². The minimum atomic E-state index is -1.02. The fourth-order valence-electron chi connectivity index (χ4n) is 3.20. The summed E-state index contributed by atoms with van der Waals surface area (Å²) in [4.78, 5) is 24.7. The number of hydrogen-bond acceptors (Lipinski definition) is 4. The zero-order valence-electron chi connectivity index (χ0n) is 14.8. The lowest BCUT2D eigenvalue weighted by molar-refractivity contribution is -0.139. The Morgan fingerprint density at radius 3 is 2.58 bits per heavy atom. The van der Waals surface area contributed by atoms with E-state index < -0.39 is 5.97 Å². The maximum atomic E-state index is 12.6. The molecule has 0 unspecified atom stereocenters. The Morgan fingerprint density at radius 1 is 1.23 bits per heavy atom. The predicted molar refractivity (Wildman–Crippen MR) is 95.1 cm³/mol. The normalized spacial score (nSPS) is 14.3. The number of carboxylic acids is 1. The number of amides is 1. The largest absolute Gasteiger partial charge is 0.482 e. The van der Waals surface area contributed by atoms with E-state index in [9.17, 15) is 9.59 Å². The van der Waals surface area contributed by atoms with E-state index in [1.807, 2.05) is 23.0 Å². The van der Waals surface area contributed by atoms with E-state index in [0.29, 0.717) is 24.0 Å². The Bertz CT molecular complexity index is 763. The molecule has 1 aliphatic rings. The molecule has 0 bridgehead atoms. The van der Waals surface area contributed by atoms with E-state index in [-0.39, 0.29) is 12.5 Å². The highest BCUT2D eigenvalue weighted by Gasteiger charge is 2.20. The van der Waals surface area contributed by atoms with Crippen molar-refractivity contribution in [1.29, 1.82) is 0 Å². The fourth-order valence-corrected chi connectivity index (χ4v) is 3.20. The molecule has 1 N–H and O–H groups in total. The van der Waals surface area contributed by atoms with Crippen molar-refractivity contribution in [2.45, 2.75) is 38.3 Å². The Labute approximate surface area is 152 Å². The van der Waals surface area contributed by atoms with E-state index in [4.69, 9.17) is 9.84 Å². The van der Waals surface area contributed by atoms with Crippen molar-refractivity contribution in [3.05, 3.63) is 47.8 Å². The van der Waals surface area contributed by atoms with Gasteiger partial charge in [-0.25, -0.2) is 4.79 Å². The molecule has 1 amide bonds. The third kappa shape index (κ3) is 4.41. The lowest BCUT2D eigenvalue weighted by atomic mass is 10.2. The van der Waals surface area contributed by atoms with Crippen LogP contribution >= 0.6 is 0 Å². The second-order valence-electron chi connectivity index (χ2n) is 6.61. The first-order valence-electron chi connectivity index (χ1n) is 8.77. The maximum Gasteiger partial charge on any atom is 0.341 e. The van der Waals surface area contributed by atoms with Crippen molar-refractivity contribution in [3.8, 4) is 5.75 Å². The maximum absolute atomic E-state index is 12.6. The smallest absolute Gasteiger partial charge is 0.341 e. The molecule has 138 valence electrons. The van der Waals surface area contributed by atoms with Gasteiger partial charge in [-0.3, -0.25) is 9.48 Å². The van der Waals surface area contributed by atoms with Crippen molar-refractivity contribution < 1.29 is 19.4 Å². The van der Waals surface area contributed by atoms with Gasteiger partial charge in [0.2, 0.25) is 0 Å². The number of nitrogens with zero attached hydrogens (tertiary/aromatic N) is 3. The average molecular weight is 357 g/mol. The van der Waals surface area contributed by atoms with E-state index in [2.05, 4.69) is 5.10 Å². The van der Waals surface area contributed by atoms with E-state index >= 15 is 0 Å². The SMILES string of the molecule is CN(Cc1ccc(OCC(=O)O)cc1)C(=O)c1ccn(C2CCCC2)n1. The van der Waals surface area contributed by atoms with Crippen molar-refractivity contribution >= 4 is 11.9 Å². The summed E-state index contributed by atoms with van der Waals surface area (Å²) < 4.78 is 7.02. The van der Waals surface area contributed by atoms with Crippen LogP contribution < -0.4 is 4.74 Å². The number of aromatic nitrogens is 2. The summed E-state index contributed by atoms with van der Waals surface area (Å²) >= 11 is 0. The van der Waals surface area contributed by atoms with Crippen LogP contribution in [0, 0.1) is 0 Å². The van der Waals surface area contributed by atoms with E-state index in [1.165, 1.54) is 12.8 Å². The number of carbonyl (C=O) groups is 2. The van der Waals surface area contributed by atoms with Gasteiger partial charge >= 0.3 is 5.97 Å². The molecule has 1 aromatic heterocycles. The zero-order chi connectivity index (χ0) is 18.5. The molecule has 3 rings (SSSR count). The first-order chi connectivity index (χ1) is 12.5. The second-order valence-corrected chi connectivity index (χ2v) is 6.61. The molecule has 2 aromatic rings. The van der Waals surface area contributed by atoms with Crippen LogP contribution in [0.2, 0.25) is 0 Å². The summed E-state index contributed by atoms with van der Waals surface area (Å²) in [5.41, 5.74) is 1.39. The number of benzene rings is 1. The molecule has 1 aliphatic carbocycles. The van der Waals surface area contributed by atoms with Gasteiger partial charge in [0, 0.05) is 19.8 Å². The highest BCUT2D eigenvalue weighted by molar-refractivity contribution is 5.92. The van der Waals surface area contributed by atoms with Gasteiger partial charge in [0.25, 0.3) is 5.91 Å². The number of carboxylic acid groups (broad SMARTS) is 1. The topological polar surface area (TPSA) is 84.7 Å². The molecule has 1 saturated carbocycles. The number of carbonyl (C=O) groups excluding carboxylic acids is 1. The Hall–Kier alpha value is -2.83. The van der Waals surface area contributed by atoms with Crippen LogP contribution in [0.4, 0.5) is 0 Å². The van der Waals surface area contributed by atoms with Gasteiger partial charge < -0.3 is 14.7 Å². The minimum Gasteiger partial charge on any atom is -0.482 e. The third-order valence-corrected chi connectivity index (χ3v) is 4.58. The summed E-state index contributed by atoms with van der Waals surface area (Å²) in [6, 6.07) is 9.23. The first kappa shape index (κ1) is 18.0. The number of hydrogen-bond donors (Lipinski definition) is 1. The van der Waals surface area contributed by atoms with Gasteiger partial charge in [0.05, 0.1) is 6.04 Å². The van der Waals surface area contributed by atoms with Crippen LogP contribution in [0.5, 0.6) is 5.75 Å². The summed E-state index contributed by atoms with van der Waals surface area (Å²) in [5.74, 6) is -0.648. The first-order valence-corrected chi connectivity index (χ1v) is 8.77. The van der Waals surface area contributed by atoms with Gasteiger partial charge in [-0.15, -0.1) is 0 Å². The Kier molecular flexibility index (Phi) is 5.55. The minimum absolute atomic E-state index is 0.118. The van der Waals surface area contributed by atoms with Gasteiger partial charge in [0.15, 0.2) is 6.61 Å². The van der Waals surface area contributed by atoms with Gasteiger partial charge in [-0.1, -0.05) is 25.0 Å². The molecule has 26 heavy (non-hydrogen) atoms. The number of rotatable bonds is 7. The van der Waals surface area contributed by atoms with Crippen LogP contribution in [0.3, 0.4) is 0 Å². The molecule has 0 atom stereocenters. The van der Waals surface area contributed by atoms with Crippen molar-refractivity contribution in [1.82, 2.24) is 14.7 Å². The Balaban J connectivity index is 1.57. The van der Waals surface area contributed by atoms with Crippen LogP contribution in [-0.2, 0) is 11.3 Å². The van der Waals surface area contributed by atoms with E-state index in [1.54, 1.807) is 30.1 Å². The van der Waals surface area contributed by atoms with Crippen LogP contribution in [0.1, 0.15) is 47.8 Å². The Morgan fingerprint density at radius 2 is 1.92 bits per heavy atom. The number of aliphatic carboxylic acids is 1. The van der Waals surface area contributed by atoms with Crippen molar-refractivity contribution in [3.63, 3.8) is 0 Å². The molecule has 1 aromatic carbocycles. The summed E-state index contributed by atoms with van der Waals surface area (Å²) in [6.07, 6.45) is 6.59. The van der Waals surface area contributed by atoms with Gasteiger partial charge in [-0.05, 0) is 36.6 Å². The predicted octanol–water partition coefficient (Wildman–Crippen LogP) is 2.73. The summed E-state index contributed by atoms with van der Waals surface area (Å²) in [5, 5.41) is 13.1. The third-order valence-electron chi connectivity index (χ3n) is 4.58. The molecule has 0 aliphatic heterocycles. The lowest BCUT2D eigenvalue weighted by Gasteiger charge is -2.16. The zero-order valence-corrected chi connectivity index (χ0v) is 14.8. The summed E-state index contributed by atoms with van der Waals surface area (Å²) in [7, 11) is 1.74. The highest BCUT2D eigenvalue weighted by Crippen LogP contribution is 2.28. The van der Waals surface area contributed by atoms with Gasteiger partial charge in [0.1, 0.15) is 11.4 Å². The standard InChI is InChI=1S/C19H23N3O4/c1-21(12-14-6-8-16(9-7-14)26-13-18(23)24)19(25)17-10-11-22(20-17)15-4-2-3-5-15/h6-11,15H,2-5,12-13H2,1H3,(H,23,24). The van der Waals surface area contributed by atoms with Crippen LogP contribution in [0.15, 0.2) is 36.5 Å². The monoisotopic (exact) mass is 357 g/mol. The van der Waals surface area contributed by atoms with Crippen molar-refractivity contribution in [2.75, 3.05) is 13.7 Å². The van der Waals surface area contributed by atoms with Crippen LogP contribution in [-0.4, -0.2) is 45.3 Å². The average Bonchev–Trinajstić information content (AvgIpc) is 3.31. The molecule has 1 heterocycles. The molecule has 7 nitrogen and oxygen atoms in total. The number of ether oxygens (including phenoxy) is 1. The van der Waals surface area contributed by atoms with E-state index in [0.717, 1.165) is 18.4 Å². The van der Waals surface area contributed by atoms with Crippen LogP contribution in [0.25, 0.3) is 0 Å². The molecule has 0 spiro atoms. The lowest BCUT2D eigenvalue weighted by Crippen LogP contribution is -2.26. The summed E-state index contributed by atoms with van der Waals surface area (Å²) in [6.45, 7) is 0.0652. The quantitative estimate of drug-likeness (QED) is 0.824. The highest BCUT2D eigenvalue weighted by atomic mass is 16.5. The molecule has 7 heteroatoms. The van der Waals surface area contributed by atoms with Gasteiger partial charge in [-0.2, -0.15) is 5.10 Å². The molecular formula is C19H23N3O4. The molecule has 0 saturated heterocycles.